The maximum atomic E-state index is 4.27. The third-order valence-electron chi connectivity index (χ3n) is 4.30. The second kappa shape index (κ2) is 9.56. The van der Waals surface area contributed by atoms with E-state index in [1.54, 1.807) is 7.05 Å². The van der Waals surface area contributed by atoms with Gasteiger partial charge in [0.05, 0.1) is 6.54 Å². The smallest absolute Gasteiger partial charge is 0.191 e. The molecular weight excluding hydrogens is 324 g/mol. The van der Waals surface area contributed by atoms with E-state index in [0.717, 1.165) is 36.8 Å². The summed E-state index contributed by atoms with van der Waals surface area (Å²) in [6, 6.07) is 16.5. The predicted octanol–water partition coefficient (Wildman–Crippen LogP) is 2.81. The van der Waals surface area contributed by atoms with Gasteiger partial charge in [-0.1, -0.05) is 42.8 Å². The molecule has 0 fully saturated rings. The highest BCUT2D eigenvalue weighted by atomic mass is 15.3. The zero-order chi connectivity index (χ0) is 18.0. The standard InChI is InChI=1S/C20H26N6/c1-21-20(22-14-8-3-6-12-17-10-4-2-5-11-17)23-16-19-25-24-18-13-7-9-15-26(18)19/h2,4-5,7,9-11,13,15H,3,6,8,12,14,16H2,1H3,(H2,21,22,23). The summed E-state index contributed by atoms with van der Waals surface area (Å²) in [5.74, 6) is 1.66. The molecule has 0 saturated carbocycles. The first kappa shape index (κ1) is 17.9. The number of hydrogen-bond acceptors (Lipinski definition) is 3. The molecule has 0 saturated heterocycles. The van der Waals surface area contributed by atoms with Crippen LogP contribution in [-0.4, -0.2) is 34.2 Å². The van der Waals surface area contributed by atoms with Crippen molar-refractivity contribution in [2.24, 2.45) is 4.99 Å². The number of aromatic nitrogens is 3. The summed E-state index contributed by atoms with van der Waals surface area (Å²) < 4.78 is 1.98. The summed E-state index contributed by atoms with van der Waals surface area (Å²) in [5.41, 5.74) is 2.27. The lowest BCUT2D eigenvalue weighted by molar-refractivity contribution is 0.653. The largest absolute Gasteiger partial charge is 0.356 e. The van der Waals surface area contributed by atoms with Crippen molar-refractivity contribution in [1.29, 1.82) is 0 Å². The van der Waals surface area contributed by atoms with Crippen LogP contribution in [0, 0.1) is 0 Å². The molecule has 2 N–H and O–H groups in total. The maximum Gasteiger partial charge on any atom is 0.191 e. The minimum atomic E-state index is 0.582. The van der Waals surface area contributed by atoms with Crippen LogP contribution in [0.1, 0.15) is 30.7 Å². The molecule has 0 amide bonds. The van der Waals surface area contributed by atoms with Crippen molar-refractivity contribution >= 4 is 11.6 Å². The van der Waals surface area contributed by atoms with Gasteiger partial charge < -0.3 is 10.6 Å². The first-order valence-corrected chi connectivity index (χ1v) is 9.14. The average Bonchev–Trinajstić information content (AvgIpc) is 3.11. The van der Waals surface area contributed by atoms with E-state index >= 15 is 0 Å². The van der Waals surface area contributed by atoms with Gasteiger partial charge >= 0.3 is 0 Å². The SMILES string of the molecule is CN=C(NCCCCCc1ccccc1)NCc1nnc2ccccn12. The highest BCUT2D eigenvalue weighted by molar-refractivity contribution is 5.79. The van der Waals surface area contributed by atoms with Crippen LogP contribution in [0.2, 0.25) is 0 Å². The molecule has 3 aromatic rings. The molecule has 3 rings (SSSR count). The zero-order valence-corrected chi connectivity index (χ0v) is 15.2. The zero-order valence-electron chi connectivity index (χ0n) is 15.2. The van der Waals surface area contributed by atoms with Gasteiger partial charge in [0.15, 0.2) is 17.4 Å². The fourth-order valence-electron chi connectivity index (χ4n) is 2.88. The van der Waals surface area contributed by atoms with Crippen LogP contribution in [0.25, 0.3) is 5.65 Å². The van der Waals surface area contributed by atoms with E-state index in [0.29, 0.717) is 6.54 Å². The molecule has 0 radical (unpaired) electrons. The van der Waals surface area contributed by atoms with E-state index < -0.39 is 0 Å². The molecule has 1 aromatic carbocycles. The minimum Gasteiger partial charge on any atom is -0.356 e. The number of rotatable bonds is 8. The number of pyridine rings is 1. The van der Waals surface area contributed by atoms with Gasteiger partial charge in [-0.05, 0) is 37.0 Å². The van der Waals surface area contributed by atoms with Crippen molar-refractivity contribution in [2.75, 3.05) is 13.6 Å². The first-order chi connectivity index (χ1) is 12.9. The number of unbranched alkanes of at least 4 members (excludes halogenated alkanes) is 2. The Morgan fingerprint density at radius 1 is 0.962 bits per heavy atom. The topological polar surface area (TPSA) is 66.6 Å². The molecular formula is C20H26N6. The van der Waals surface area contributed by atoms with Crippen LogP contribution < -0.4 is 10.6 Å². The Hall–Kier alpha value is -2.89. The van der Waals surface area contributed by atoms with Crippen LogP contribution >= 0.6 is 0 Å². The van der Waals surface area contributed by atoms with E-state index in [1.807, 2.05) is 28.8 Å². The van der Waals surface area contributed by atoms with Crippen LogP contribution in [-0.2, 0) is 13.0 Å². The first-order valence-electron chi connectivity index (χ1n) is 9.14. The van der Waals surface area contributed by atoms with Crippen molar-refractivity contribution in [3.63, 3.8) is 0 Å². The molecule has 26 heavy (non-hydrogen) atoms. The van der Waals surface area contributed by atoms with Gasteiger partial charge in [-0.25, -0.2) is 0 Å². The van der Waals surface area contributed by atoms with Crippen molar-refractivity contribution in [3.8, 4) is 0 Å². The van der Waals surface area contributed by atoms with E-state index in [2.05, 4.69) is 56.2 Å². The number of hydrogen-bond donors (Lipinski definition) is 2. The monoisotopic (exact) mass is 350 g/mol. The number of fused-ring (bicyclic) bond motifs is 1. The Morgan fingerprint density at radius 3 is 2.65 bits per heavy atom. The fourth-order valence-corrected chi connectivity index (χ4v) is 2.88. The lowest BCUT2D eigenvalue weighted by atomic mass is 10.1. The van der Waals surface area contributed by atoms with E-state index in [-0.39, 0.29) is 0 Å². The molecule has 0 spiro atoms. The quantitative estimate of drug-likeness (QED) is 0.372. The summed E-state index contributed by atoms with van der Waals surface area (Å²) in [6.45, 7) is 1.49. The lowest BCUT2D eigenvalue weighted by Crippen LogP contribution is -2.37. The average molecular weight is 350 g/mol. The maximum absolute atomic E-state index is 4.27. The summed E-state index contributed by atoms with van der Waals surface area (Å²) in [4.78, 5) is 4.27. The third-order valence-corrected chi connectivity index (χ3v) is 4.30. The molecule has 136 valence electrons. The Bertz CT molecular complexity index is 824. The summed E-state index contributed by atoms with van der Waals surface area (Å²) in [6.07, 6.45) is 6.65. The molecule has 0 atom stereocenters. The minimum absolute atomic E-state index is 0.582. The number of aryl methyl sites for hydroxylation is 1. The van der Waals surface area contributed by atoms with Crippen molar-refractivity contribution in [3.05, 3.63) is 66.1 Å². The van der Waals surface area contributed by atoms with Crippen molar-refractivity contribution in [1.82, 2.24) is 25.2 Å². The van der Waals surface area contributed by atoms with Crippen LogP contribution in [0.4, 0.5) is 0 Å². The molecule has 0 unspecified atom stereocenters. The highest BCUT2D eigenvalue weighted by Gasteiger charge is 2.05. The number of aliphatic imine (C=N–C) groups is 1. The number of nitrogens with zero attached hydrogens (tertiary/aromatic N) is 4. The fraction of sp³-hybridized carbons (Fsp3) is 0.350. The molecule has 2 heterocycles. The van der Waals surface area contributed by atoms with Gasteiger partial charge in [0.2, 0.25) is 0 Å². The van der Waals surface area contributed by atoms with Gasteiger partial charge in [0.1, 0.15) is 0 Å². The second-order valence-electron chi connectivity index (χ2n) is 6.19. The van der Waals surface area contributed by atoms with Gasteiger partial charge in [-0.15, -0.1) is 10.2 Å². The Morgan fingerprint density at radius 2 is 1.81 bits per heavy atom. The molecule has 2 aromatic heterocycles. The van der Waals surface area contributed by atoms with Crippen LogP contribution in [0.15, 0.2) is 59.7 Å². The number of benzene rings is 1. The summed E-state index contributed by atoms with van der Waals surface area (Å²) >= 11 is 0. The predicted molar refractivity (Wildman–Crippen MR) is 105 cm³/mol. The van der Waals surface area contributed by atoms with Crippen LogP contribution in [0.5, 0.6) is 0 Å². The molecule has 0 bridgehead atoms. The van der Waals surface area contributed by atoms with Gasteiger partial charge in [-0.3, -0.25) is 9.39 Å². The third kappa shape index (κ3) is 5.05. The molecule has 0 aliphatic heterocycles. The van der Waals surface area contributed by atoms with Crippen LogP contribution in [0.3, 0.4) is 0 Å². The molecule has 6 heteroatoms. The second-order valence-corrected chi connectivity index (χ2v) is 6.19. The molecule has 0 aliphatic carbocycles. The number of guanidine groups is 1. The Labute approximate surface area is 154 Å². The van der Waals surface area contributed by atoms with E-state index in [4.69, 9.17) is 0 Å². The highest BCUT2D eigenvalue weighted by Crippen LogP contribution is 2.06. The summed E-state index contributed by atoms with van der Waals surface area (Å²) in [5, 5.41) is 15.0. The van der Waals surface area contributed by atoms with Gasteiger partial charge in [-0.2, -0.15) is 0 Å². The Kier molecular flexibility index (Phi) is 6.59. The van der Waals surface area contributed by atoms with Gasteiger partial charge in [0.25, 0.3) is 0 Å². The normalized spacial score (nSPS) is 11.7. The summed E-state index contributed by atoms with van der Waals surface area (Å²) in [7, 11) is 1.78. The Balaban J connectivity index is 1.34. The van der Waals surface area contributed by atoms with Crippen molar-refractivity contribution in [2.45, 2.75) is 32.2 Å². The van der Waals surface area contributed by atoms with Gasteiger partial charge in [0, 0.05) is 19.8 Å². The van der Waals surface area contributed by atoms with Crippen molar-refractivity contribution < 1.29 is 0 Å². The van der Waals surface area contributed by atoms with E-state index in [9.17, 15) is 0 Å². The number of nitrogens with one attached hydrogen (secondary N) is 2. The molecule has 0 aliphatic rings. The molecule has 6 nitrogen and oxygen atoms in total. The lowest BCUT2D eigenvalue weighted by Gasteiger charge is -2.11. The van der Waals surface area contributed by atoms with E-state index in [1.165, 1.54) is 18.4 Å².